The van der Waals surface area contributed by atoms with Gasteiger partial charge in [-0.25, -0.2) is 4.79 Å². The lowest BCUT2D eigenvalue weighted by Gasteiger charge is -2.10. The maximum Gasteiger partial charge on any atom is 0.338 e. The molecule has 27 heavy (non-hydrogen) atoms. The zero-order valence-corrected chi connectivity index (χ0v) is 15.6. The third-order valence-corrected chi connectivity index (χ3v) is 4.04. The summed E-state index contributed by atoms with van der Waals surface area (Å²) in [6.07, 6.45) is 0. The van der Waals surface area contributed by atoms with Crippen molar-refractivity contribution in [1.82, 2.24) is 5.32 Å². The lowest BCUT2D eigenvalue weighted by Crippen LogP contribution is -2.35. The molecule has 2 N–H and O–H groups in total. The van der Waals surface area contributed by atoms with Crippen LogP contribution in [0.4, 0.5) is 5.69 Å². The molecule has 2 aromatic carbocycles. The molecule has 7 nitrogen and oxygen atoms in total. The zero-order valence-electron chi connectivity index (χ0n) is 14.9. The minimum atomic E-state index is -0.664. The Labute approximate surface area is 161 Å². The van der Waals surface area contributed by atoms with Crippen LogP contribution in [-0.4, -0.2) is 38.0 Å². The van der Waals surface area contributed by atoms with Crippen LogP contribution >= 0.6 is 11.6 Å². The molecular weight excluding hydrogens is 372 g/mol. The molecule has 0 aromatic heterocycles. The molecule has 0 fully saturated rings. The SMILES string of the molecule is COc1cccc(C(=O)OCC(=O)NCC(=O)Nc2cccc(Cl)c2C)c1. The van der Waals surface area contributed by atoms with Gasteiger partial charge in [0.05, 0.1) is 19.2 Å². The number of methoxy groups -OCH3 is 1. The largest absolute Gasteiger partial charge is 0.497 e. The second-order valence-electron chi connectivity index (χ2n) is 5.55. The van der Waals surface area contributed by atoms with E-state index in [0.29, 0.717) is 16.5 Å². The van der Waals surface area contributed by atoms with Gasteiger partial charge in [-0.15, -0.1) is 0 Å². The van der Waals surface area contributed by atoms with E-state index in [9.17, 15) is 14.4 Å². The van der Waals surface area contributed by atoms with Crippen molar-refractivity contribution in [2.45, 2.75) is 6.92 Å². The number of carbonyl (C=O) groups excluding carboxylic acids is 3. The highest BCUT2D eigenvalue weighted by Gasteiger charge is 2.12. The van der Waals surface area contributed by atoms with Crippen LogP contribution in [-0.2, 0) is 14.3 Å². The maximum absolute atomic E-state index is 11.9. The first-order valence-electron chi connectivity index (χ1n) is 8.03. The van der Waals surface area contributed by atoms with Crippen LogP contribution in [0.15, 0.2) is 42.5 Å². The number of hydrogen-bond donors (Lipinski definition) is 2. The van der Waals surface area contributed by atoms with Crippen LogP contribution in [0.5, 0.6) is 5.75 Å². The molecule has 142 valence electrons. The van der Waals surface area contributed by atoms with Gasteiger partial charge in [-0.2, -0.15) is 0 Å². The van der Waals surface area contributed by atoms with E-state index >= 15 is 0 Å². The van der Waals surface area contributed by atoms with Crippen molar-refractivity contribution in [3.05, 3.63) is 58.6 Å². The summed E-state index contributed by atoms with van der Waals surface area (Å²) in [4.78, 5) is 35.6. The molecule has 0 saturated heterocycles. The maximum atomic E-state index is 11.9. The number of benzene rings is 2. The molecule has 0 unspecified atom stereocenters. The number of anilines is 1. The Morgan fingerprint density at radius 2 is 1.81 bits per heavy atom. The Bertz CT molecular complexity index is 854. The summed E-state index contributed by atoms with van der Waals surface area (Å²) in [6.45, 7) is 1.01. The molecule has 0 aliphatic rings. The number of halogens is 1. The first-order valence-corrected chi connectivity index (χ1v) is 8.41. The van der Waals surface area contributed by atoms with Crippen LogP contribution in [0.25, 0.3) is 0 Å². The van der Waals surface area contributed by atoms with Crippen LogP contribution in [0.3, 0.4) is 0 Å². The van der Waals surface area contributed by atoms with Gasteiger partial charge in [0.25, 0.3) is 5.91 Å². The van der Waals surface area contributed by atoms with Crippen molar-refractivity contribution in [3.63, 3.8) is 0 Å². The van der Waals surface area contributed by atoms with Crippen molar-refractivity contribution >= 4 is 35.1 Å². The van der Waals surface area contributed by atoms with Gasteiger partial charge in [-0.05, 0) is 42.8 Å². The van der Waals surface area contributed by atoms with Crippen molar-refractivity contribution in [2.24, 2.45) is 0 Å². The second-order valence-corrected chi connectivity index (χ2v) is 5.95. The summed E-state index contributed by atoms with van der Waals surface area (Å²) < 4.78 is 9.94. The first-order chi connectivity index (χ1) is 12.9. The average molecular weight is 391 g/mol. The second kappa shape index (κ2) is 9.59. The molecule has 0 aliphatic carbocycles. The highest BCUT2D eigenvalue weighted by molar-refractivity contribution is 6.31. The minimum Gasteiger partial charge on any atom is -0.497 e. The number of rotatable bonds is 7. The Morgan fingerprint density at radius 3 is 2.56 bits per heavy atom. The Hall–Kier alpha value is -3.06. The van der Waals surface area contributed by atoms with Crippen molar-refractivity contribution in [3.8, 4) is 5.75 Å². The summed E-state index contributed by atoms with van der Waals surface area (Å²) in [7, 11) is 1.48. The van der Waals surface area contributed by atoms with Gasteiger partial charge in [0.15, 0.2) is 6.61 Å². The fourth-order valence-electron chi connectivity index (χ4n) is 2.13. The molecule has 0 aliphatic heterocycles. The standard InChI is InChI=1S/C19H19ClN2O5/c1-12-15(20)7-4-8-16(12)22-17(23)10-21-18(24)11-27-19(25)13-5-3-6-14(9-13)26-2/h3-9H,10-11H2,1-2H3,(H,21,24)(H,22,23). The van der Waals surface area contributed by atoms with E-state index in [1.54, 1.807) is 43.3 Å². The van der Waals surface area contributed by atoms with Gasteiger partial charge >= 0.3 is 5.97 Å². The first kappa shape index (κ1) is 20.3. The van der Waals surface area contributed by atoms with Crippen molar-refractivity contribution in [2.75, 3.05) is 25.6 Å². The quantitative estimate of drug-likeness (QED) is 0.709. The molecule has 0 radical (unpaired) electrons. The van der Waals surface area contributed by atoms with E-state index in [2.05, 4.69) is 10.6 Å². The number of amides is 2. The predicted molar refractivity (Wildman–Crippen MR) is 101 cm³/mol. The third kappa shape index (κ3) is 6.00. The summed E-state index contributed by atoms with van der Waals surface area (Å²) in [5, 5.41) is 5.56. The highest BCUT2D eigenvalue weighted by atomic mass is 35.5. The molecule has 0 spiro atoms. The molecule has 2 amide bonds. The fraction of sp³-hybridized carbons (Fsp3) is 0.211. The monoisotopic (exact) mass is 390 g/mol. The molecule has 0 heterocycles. The van der Waals surface area contributed by atoms with E-state index in [-0.39, 0.29) is 12.1 Å². The van der Waals surface area contributed by atoms with E-state index in [1.807, 2.05) is 0 Å². The molecule has 8 heteroatoms. The normalized spacial score (nSPS) is 10.0. The third-order valence-electron chi connectivity index (χ3n) is 3.63. The number of nitrogens with one attached hydrogen (secondary N) is 2. The van der Waals surface area contributed by atoms with Crippen LogP contribution in [0.2, 0.25) is 5.02 Å². The zero-order chi connectivity index (χ0) is 19.8. The van der Waals surface area contributed by atoms with Crippen LogP contribution in [0, 0.1) is 6.92 Å². The van der Waals surface area contributed by atoms with Crippen molar-refractivity contribution < 1.29 is 23.9 Å². The van der Waals surface area contributed by atoms with E-state index < -0.39 is 24.4 Å². The van der Waals surface area contributed by atoms with Gasteiger partial charge in [0.2, 0.25) is 5.91 Å². The van der Waals surface area contributed by atoms with Gasteiger partial charge in [0.1, 0.15) is 5.75 Å². The van der Waals surface area contributed by atoms with Gasteiger partial charge in [-0.1, -0.05) is 23.7 Å². The van der Waals surface area contributed by atoms with E-state index in [1.165, 1.54) is 13.2 Å². The number of carbonyl (C=O) groups is 3. The molecule has 2 rings (SSSR count). The average Bonchev–Trinajstić information content (AvgIpc) is 2.68. The topological polar surface area (TPSA) is 93.7 Å². The molecule has 0 atom stereocenters. The van der Waals surface area contributed by atoms with Gasteiger partial charge in [0, 0.05) is 10.7 Å². The van der Waals surface area contributed by atoms with Gasteiger partial charge < -0.3 is 20.1 Å². The number of esters is 1. The predicted octanol–water partition coefficient (Wildman–Crippen LogP) is 2.57. The minimum absolute atomic E-state index is 0.260. The van der Waals surface area contributed by atoms with Crippen LogP contribution < -0.4 is 15.4 Å². The Balaban J connectivity index is 1.77. The van der Waals surface area contributed by atoms with E-state index in [4.69, 9.17) is 21.1 Å². The smallest absolute Gasteiger partial charge is 0.338 e. The van der Waals surface area contributed by atoms with Gasteiger partial charge in [-0.3, -0.25) is 9.59 Å². The lowest BCUT2D eigenvalue weighted by atomic mass is 10.2. The number of ether oxygens (including phenoxy) is 2. The van der Waals surface area contributed by atoms with E-state index in [0.717, 1.165) is 5.56 Å². The number of hydrogen-bond acceptors (Lipinski definition) is 5. The molecular formula is C19H19ClN2O5. The summed E-state index contributed by atoms with van der Waals surface area (Å²) in [5.74, 6) is -1.18. The highest BCUT2D eigenvalue weighted by Crippen LogP contribution is 2.22. The molecule has 2 aromatic rings. The molecule has 0 bridgehead atoms. The Morgan fingerprint density at radius 1 is 1.07 bits per heavy atom. The Kier molecular flexibility index (Phi) is 7.19. The summed E-state index contributed by atoms with van der Waals surface area (Å²) in [6, 6.07) is 11.5. The lowest BCUT2D eigenvalue weighted by molar-refractivity contribution is -0.126. The molecule has 0 saturated carbocycles. The summed E-state index contributed by atoms with van der Waals surface area (Å²) in [5.41, 5.74) is 1.55. The summed E-state index contributed by atoms with van der Waals surface area (Å²) >= 11 is 5.99. The van der Waals surface area contributed by atoms with Crippen LogP contribution in [0.1, 0.15) is 15.9 Å². The fourth-order valence-corrected chi connectivity index (χ4v) is 2.31. The van der Waals surface area contributed by atoms with Crippen molar-refractivity contribution in [1.29, 1.82) is 0 Å².